The summed E-state index contributed by atoms with van der Waals surface area (Å²) in [5.41, 5.74) is 1.87. The Morgan fingerprint density at radius 1 is 0.867 bits per heavy atom. The predicted molar refractivity (Wildman–Crippen MR) is 180 cm³/mol. The molecule has 252 valence electrons. The van der Waals surface area contributed by atoms with Crippen LogP contribution in [0.3, 0.4) is 0 Å². The summed E-state index contributed by atoms with van der Waals surface area (Å²) in [6.07, 6.45) is 16.3. The molecule has 9 nitrogen and oxygen atoms in total. The van der Waals surface area contributed by atoms with E-state index in [1.807, 2.05) is 57.6 Å². The molecule has 3 rings (SSSR count). The van der Waals surface area contributed by atoms with Gasteiger partial charge in [-0.3, -0.25) is 9.42 Å². The van der Waals surface area contributed by atoms with E-state index in [2.05, 4.69) is 16.7 Å². The van der Waals surface area contributed by atoms with Crippen LogP contribution >= 0.6 is 7.82 Å². The minimum atomic E-state index is -4.39. The van der Waals surface area contributed by atoms with Crippen LogP contribution in [0.15, 0.2) is 54.9 Å². The largest absolute Gasteiger partial charge is 0.527 e. The fourth-order valence-corrected chi connectivity index (χ4v) is 5.99. The molecule has 0 amide bonds. The van der Waals surface area contributed by atoms with Gasteiger partial charge in [-0.25, -0.2) is 4.57 Å². The molecule has 0 fully saturated rings. The van der Waals surface area contributed by atoms with Gasteiger partial charge in [-0.1, -0.05) is 82.9 Å². The maximum atomic E-state index is 12.8. The Morgan fingerprint density at radius 2 is 1.53 bits per heavy atom. The first kappa shape index (κ1) is 36.8. The lowest BCUT2D eigenvalue weighted by Gasteiger charge is -2.21. The van der Waals surface area contributed by atoms with Crippen LogP contribution in [0.5, 0.6) is 17.2 Å². The lowest BCUT2D eigenvalue weighted by molar-refractivity contribution is -0.00727. The number of phosphoric ester groups is 1. The zero-order chi connectivity index (χ0) is 32.3. The number of benzene rings is 2. The summed E-state index contributed by atoms with van der Waals surface area (Å²) in [6, 6.07) is 12.9. The molecule has 0 saturated heterocycles. The van der Waals surface area contributed by atoms with Crippen LogP contribution in [0.2, 0.25) is 0 Å². The molecule has 1 N–H and O–H groups in total. The molecule has 45 heavy (non-hydrogen) atoms. The standard InChI is InChI=1S/C35H55N2O7P/c1-5-7-8-9-10-11-12-13-14-15-24-41-34-20-17-21-35(30(34)3)42-27-33(40-6-2)28-43-45(38,39)44-32-19-16-18-31(25-32)26-37-23-22-36(4)29-37/h16-23,25,33H,5-15,24,26-29H2,1-4H3,(H,38,39). The van der Waals surface area contributed by atoms with Crippen molar-refractivity contribution in [1.82, 2.24) is 9.80 Å². The first-order valence-corrected chi connectivity index (χ1v) is 18.1. The van der Waals surface area contributed by atoms with Gasteiger partial charge in [0.15, 0.2) is 0 Å². The Bertz CT molecular complexity index is 1190. The average molecular weight is 647 g/mol. The van der Waals surface area contributed by atoms with Crippen LogP contribution in [-0.4, -0.2) is 60.9 Å². The minimum absolute atomic E-state index is 0.143. The van der Waals surface area contributed by atoms with Crippen molar-refractivity contribution in [3.05, 3.63) is 66.0 Å². The lowest BCUT2D eigenvalue weighted by Crippen LogP contribution is -2.27. The number of hydrogen-bond acceptors (Lipinski definition) is 8. The van der Waals surface area contributed by atoms with Gasteiger partial charge in [-0.2, -0.15) is 0 Å². The van der Waals surface area contributed by atoms with Gasteiger partial charge >= 0.3 is 7.82 Å². The number of unbranched alkanes of at least 4 members (excludes halogenated alkanes) is 9. The summed E-state index contributed by atoms with van der Waals surface area (Å²) in [7, 11) is -2.39. The van der Waals surface area contributed by atoms with Crippen LogP contribution in [0.4, 0.5) is 0 Å². The highest BCUT2D eigenvalue weighted by Crippen LogP contribution is 2.44. The number of phosphoric acid groups is 1. The molecule has 0 bridgehead atoms. The van der Waals surface area contributed by atoms with E-state index in [1.165, 1.54) is 57.8 Å². The van der Waals surface area contributed by atoms with Crippen molar-refractivity contribution in [3.63, 3.8) is 0 Å². The molecular weight excluding hydrogens is 591 g/mol. The van der Waals surface area contributed by atoms with E-state index in [0.717, 1.165) is 30.0 Å². The number of rotatable bonds is 24. The Balaban J connectivity index is 1.39. The fraction of sp³-hybridized carbons (Fsp3) is 0.600. The van der Waals surface area contributed by atoms with Crippen LogP contribution in [-0.2, 0) is 20.4 Å². The van der Waals surface area contributed by atoms with Gasteiger partial charge in [-0.15, -0.1) is 0 Å². The molecule has 0 aromatic heterocycles. The normalized spacial score (nSPS) is 14.9. The second-order valence-electron chi connectivity index (χ2n) is 11.7. The van der Waals surface area contributed by atoms with E-state index >= 15 is 0 Å². The van der Waals surface area contributed by atoms with E-state index in [-0.39, 0.29) is 19.0 Å². The molecule has 1 aliphatic heterocycles. The fourth-order valence-electron chi connectivity index (χ4n) is 5.21. The van der Waals surface area contributed by atoms with Crippen molar-refractivity contribution < 1.29 is 32.7 Å². The molecule has 2 aromatic carbocycles. The van der Waals surface area contributed by atoms with Crippen LogP contribution in [0.1, 0.15) is 89.2 Å². The first-order valence-electron chi connectivity index (χ1n) is 16.6. The topological polar surface area (TPSA) is 89.9 Å². The highest BCUT2D eigenvalue weighted by atomic mass is 31.2. The lowest BCUT2D eigenvalue weighted by atomic mass is 10.1. The zero-order valence-corrected chi connectivity index (χ0v) is 28.7. The summed E-state index contributed by atoms with van der Waals surface area (Å²) in [5, 5.41) is 0. The molecule has 2 aromatic rings. The minimum Gasteiger partial charge on any atom is -0.493 e. The third-order valence-electron chi connectivity index (χ3n) is 7.68. The third-order valence-corrected chi connectivity index (χ3v) is 8.60. The van der Waals surface area contributed by atoms with Gasteiger partial charge < -0.3 is 28.5 Å². The highest BCUT2D eigenvalue weighted by molar-refractivity contribution is 7.47. The molecule has 1 heterocycles. The summed E-state index contributed by atoms with van der Waals surface area (Å²) in [6.45, 7) is 8.57. The van der Waals surface area contributed by atoms with Crippen molar-refractivity contribution in [2.45, 2.75) is 97.6 Å². The summed E-state index contributed by atoms with van der Waals surface area (Å²) < 4.78 is 41.4. The Kier molecular flexibility index (Phi) is 16.7. The van der Waals surface area contributed by atoms with Crippen LogP contribution < -0.4 is 14.0 Å². The quantitative estimate of drug-likeness (QED) is 0.0891. The Hall–Kier alpha value is -2.71. The first-order chi connectivity index (χ1) is 21.8. The van der Waals surface area contributed by atoms with Crippen LogP contribution in [0, 0.1) is 6.92 Å². The molecular formula is C35H55N2O7P. The van der Waals surface area contributed by atoms with Crippen molar-refractivity contribution in [2.24, 2.45) is 0 Å². The number of nitrogens with zero attached hydrogens (tertiary/aromatic N) is 2. The van der Waals surface area contributed by atoms with E-state index in [9.17, 15) is 9.46 Å². The van der Waals surface area contributed by atoms with E-state index in [0.29, 0.717) is 25.5 Å². The number of hydrogen-bond donors (Lipinski definition) is 1. The summed E-state index contributed by atoms with van der Waals surface area (Å²) in [4.78, 5) is 14.6. The maximum absolute atomic E-state index is 12.8. The Morgan fingerprint density at radius 3 is 2.20 bits per heavy atom. The van der Waals surface area contributed by atoms with Gasteiger partial charge in [0.25, 0.3) is 0 Å². The average Bonchev–Trinajstić information content (AvgIpc) is 3.42. The van der Waals surface area contributed by atoms with Gasteiger partial charge in [0, 0.05) is 38.2 Å². The monoisotopic (exact) mass is 646 g/mol. The molecule has 0 saturated carbocycles. The smallest absolute Gasteiger partial charge is 0.493 e. The SMILES string of the molecule is CCCCCCCCCCCCOc1cccc(OCC(COP(=O)(O)Oc2cccc(CN3C=CN(C)C3)c2)OCC)c1C. The molecule has 0 spiro atoms. The molecule has 1 aliphatic rings. The summed E-state index contributed by atoms with van der Waals surface area (Å²) in [5.74, 6) is 1.75. The van der Waals surface area contributed by atoms with E-state index in [4.69, 9.17) is 23.3 Å². The highest BCUT2D eigenvalue weighted by Gasteiger charge is 2.26. The van der Waals surface area contributed by atoms with Crippen molar-refractivity contribution in [1.29, 1.82) is 0 Å². The second-order valence-corrected chi connectivity index (χ2v) is 13.1. The molecule has 0 radical (unpaired) electrons. The second kappa shape index (κ2) is 20.4. The number of ether oxygens (including phenoxy) is 3. The van der Waals surface area contributed by atoms with E-state index < -0.39 is 13.9 Å². The van der Waals surface area contributed by atoms with E-state index in [1.54, 1.807) is 18.2 Å². The molecule has 0 aliphatic carbocycles. The van der Waals surface area contributed by atoms with Crippen LogP contribution in [0.25, 0.3) is 0 Å². The third kappa shape index (κ3) is 14.5. The molecule has 2 atom stereocenters. The maximum Gasteiger partial charge on any atom is 0.527 e. The van der Waals surface area contributed by atoms with Crippen molar-refractivity contribution in [2.75, 3.05) is 40.1 Å². The molecule has 10 heteroatoms. The van der Waals surface area contributed by atoms with Crippen molar-refractivity contribution in [3.8, 4) is 17.2 Å². The molecule has 2 unspecified atom stereocenters. The van der Waals surface area contributed by atoms with Gasteiger partial charge in [-0.05, 0) is 50.1 Å². The van der Waals surface area contributed by atoms with Gasteiger partial charge in [0.2, 0.25) is 0 Å². The van der Waals surface area contributed by atoms with Crippen molar-refractivity contribution >= 4 is 7.82 Å². The summed E-state index contributed by atoms with van der Waals surface area (Å²) >= 11 is 0. The Labute approximate surface area is 271 Å². The van der Waals surface area contributed by atoms with Gasteiger partial charge in [0.1, 0.15) is 30.0 Å². The van der Waals surface area contributed by atoms with Gasteiger partial charge in [0.05, 0.1) is 19.9 Å². The zero-order valence-electron chi connectivity index (χ0n) is 27.8. The predicted octanol–water partition coefficient (Wildman–Crippen LogP) is 8.45.